The molecule has 3 aliphatic heterocycles. The molecule has 0 bridgehead atoms. The van der Waals surface area contributed by atoms with Gasteiger partial charge in [0.1, 0.15) is 36.8 Å². The number of carboxylic acid groups (broad SMARTS) is 1. The smallest absolute Gasteiger partial charge is 0.411 e. The van der Waals surface area contributed by atoms with Crippen LogP contribution in [0.4, 0.5) is 15.3 Å². The first-order valence-corrected chi connectivity index (χ1v) is 34.0. The molecule has 0 aliphatic carbocycles. The predicted molar refractivity (Wildman–Crippen MR) is 361 cm³/mol. The number of hydrogen-bond donors (Lipinski definition) is 8. The number of nitrogens with one attached hydrogen (secondary N) is 6. The van der Waals surface area contributed by atoms with Gasteiger partial charge in [-0.05, 0) is 105 Å². The molecular weight excluding hydrogens is 1250 g/mol. The van der Waals surface area contributed by atoms with Crippen molar-refractivity contribution in [3.05, 3.63) is 77.9 Å². The largest absolute Gasteiger partial charge is 0.480 e. The highest BCUT2D eigenvalue weighted by atomic mass is 16.6. The number of likely N-dealkylation sites (N-methyl/N-ethyl adjacent to an activating group) is 1. The summed E-state index contributed by atoms with van der Waals surface area (Å²) in [7, 11) is 4.58. The molecule has 2 aromatic carbocycles. The van der Waals surface area contributed by atoms with E-state index in [0.717, 1.165) is 10.5 Å². The molecule has 0 aromatic heterocycles. The highest BCUT2D eigenvalue weighted by molar-refractivity contribution is 6.12. The number of imide groups is 1. The van der Waals surface area contributed by atoms with Crippen LogP contribution in [-0.4, -0.2) is 197 Å². The SMILES string of the molecule is CC[C@H](C)[C@@H]([C@@H](CC(=O)N1CCC[C@H]1[C@H](OC)[C@@H](C)C(=O)N[C@@H](Cc1ccccc1)C(=O)O)OC)N(C)C(=O)[C@@H](NC(=O)[C@@H]1[C@H](C)CC[C@@H](C)N1C(=O)OCc1ccc(NC(=O)[C@H](CCCNC(N)=O)NC(=O)[C@H](NC(=O)CCCCCN2C(=O)C=CC2=O)C(C)C)cc1)C(C)C. The van der Waals surface area contributed by atoms with Gasteiger partial charge in [0.15, 0.2) is 0 Å². The minimum absolute atomic E-state index is 0.0769. The Morgan fingerprint density at radius 2 is 1.38 bits per heavy atom. The van der Waals surface area contributed by atoms with Crippen LogP contribution in [0.15, 0.2) is 66.7 Å². The number of hydrogen-bond acceptors (Lipinski definition) is 15. The van der Waals surface area contributed by atoms with Crippen LogP contribution in [0.1, 0.15) is 150 Å². The molecule has 0 unspecified atom stereocenters. The van der Waals surface area contributed by atoms with Gasteiger partial charge < -0.3 is 66.8 Å². The van der Waals surface area contributed by atoms with E-state index in [1.54, 1.807) is 86.1 Å². The summed E-state index contributed by atoms with van der Waals surface area (Å²) in [6, 6.07) is 7.66. The number of ether oxygens (including phenoxy) is 3. The van der Waals surface area contributed by atoms with Crippen molar-refractivity contribution in [2.24, 2.45) is 35.3 Å². The first-order chi connectivity index (χ1) is 46.0. The number of likely N-dealkylation sites (tertiary alicyclic amines) is 2. The Balaban J connectivity index is 1.21. The zero-order chi connectivity index (χ0) is 71.8. The summed E-state index contributed by atoms with van der Waals surface area (Å²) in [5.74, 6) is -7.48. The lowest BCUT2D eigenvalue weighted by Gasteiger charge is -2.43. The summed E-state index contributed by atoms with van der Waals surface area (Å²) >= 11 is 0. The predicted octanol–water partition coefficient (Wildman–Crippen LogP) is 5.18. The third-order valence-electron chi connectivity index (χ3n) is 18.9. The monoisotopic (exact) mass is 1360 g/mol. The first-order valence-electron chi connectivity index (χ1n) is 34.0. The van der Waals surface area contributed by atoms with Crippen LogP contribution in [0, 0.1) is 29.6 Å². The Labute approximate surface area is 570 Å². The van der Waals surface area contributed by atoms with Gasteiger partial charge in [-0.15, -0.1) is 0 Å². The Hall–Kier alpha value is -8.46. The van der Waals surface area contributed by atoms with Crippen LogP contribution >= 0.6 is 0 Å². The van der Waals surface area contributed by atoms with E-state index in [1.165, 1.54) is 31.3 Å². The first kappa shape index (κ1) is 79.2. The van der Waals surface area contributed by atoms with Gasteiger partial charge in [0, 0.05) is 77.6 Å². The lowest BCUT2D eigenvalue weighted by molar-refractivity contribution is -0.148. The third-order valence-corrected chi connectivity index (χ3v) is 18.9. The normalized spacial score (nSPS) is 19.8. The van der Waals surface area contributed by atoms with E-state index >= 15 is 0 Å². The maximum atomic E-state index is 15.0. The number of carbonyl (C=O) groups excluding carboxylic acids is 11. The summed E-state index contributed by atoms with van der Waals surface area (Å²) in [5.41, 5.74) is 6.88. The van der Waals surface area contributed by atoms with Crippen LogP contribution in [0.2, 0.25) is 0 Å². The molecule has 5 rings (SSSR count). The zero-order valence-electron chi connectivity index (χ0n) is 58.5. The maximum absolute atomic E-state index is 15.0. The number of anilines is 1. The summed E-state index contributed by atoms with van der Waals surface area (Å²) in [5, 5.41) is 26.5. The molecule has 12 amide bonds. The van der Waals surface area contributed by atoms with Crippen molar-refractivity contribution in [1.29, 1.82) is 0 Å². The van der Waals surface area contributed by atoms with Crippen molar-refractivity contribution in [3.8, 4) is 0 Å². The van der Waals surface area contributed by atoms with Crippen molar-refractivity contribution in [1.82, 2.24) is 46.2 Å². The Kier molecular flexibility index (Phi) is 31.4. The highest BCUT2D eigenvalue weighted by Crippen LogP contribution is 2.32. The fourth-order valence-electron chi connectivity index (χ4n) is 13.0. The number of unbranched alkanes of at least 4 members (excludes halogenated alkanes) is 2. The summed E-state index contributed by atoms with van der Waals surface area (Å²) < 4.78 is 17.9. The average molecular weight is 1360 g/mol. The van der Waals surface area contributed by atoms with Crippen molar-refractivity contribution in [2.75, 3.05) is 46.2 Å². The number of amides is 12. The fourth-order valence-corrected chi connectivity index (χ4v) is 13.0. The lowest BCUT2D eigenvalue weighted by Crippen LogP contribution is -2.63. The molecule has 97 heavy (non-hydrogen) atoms. The standard InChI is InChI=1S/C70H105N11O16/c1-13-43(6)60(53(95-11)39-57(85)79-37-21-25-52(79)62(96-12)46(9)63(86)75-51(68(91)92)38-47-22-16-14-17-23-47)78(10)67(90)59(42(4)5)77-66(89)61-44(7)27-28-45(8)81(61)70(94)97-40-48-29-31-49(32-30-48)73-64(87)50(24-20-35-72-69(71)93)74-65(88)58(41(2)3)76-54(82)26-18-15-19-36-80-55(83)33-34-56(80)84/h14,16-17,22-23,29-34,41-46,50-53,58-62H,13,15,18-21,24-28,35-40H2,1-12H3,(H,73,87)(H,74,88)(H,75,86)(H,76,82)(H,77,89)(H,91,92)(H3,71,72,93)/t43-,44+,45+,46+,50-,51-,52-,53+,58+,59-,60-,61-,62+/m0/s1. The number of methoxy groups -OCH3 is 2. The molecule has 27 nitrogen and oxygen atoms in total. The van der Waals surface area contributed by atoms with Crippen molar-refractivity contribution in [2.45, 2.75) is 213 Å². The van der Waals surface area contributed by atoms with Crippen LogP contribution < -0.4 is 37.6 Å². The minimum Gasteiger partial charge on any atom is -0.480 e. The van der Waals surface area contributed by atoms with Gasteiger partial charge in [-0.3, -0.25) is 53.0 Å². The van der Waals surface area contributed by atoms with E-state index in [4.69, 9.17) is 19.9 Å². The van der Waals surface area contributed by atoms with E-state index in [-0.39, 0.29) is 87.3 Å². The van der Waals surface area contributed by atoms with Gasteiger partial charge in [-0.25, -0.2) is 14.4 Å². The van der Waals surface area contributed by atoms with Crippen molar-refractivity contribution in [3.63, 3.8) is 0 Å². The second-order valence-corrected chi connectivity index (χ2v) is 26.7. The molecule has 3 aliphatic rings. The number of primary amides is 1. The Morgan fingerprint density at radius 1 is 0.732 bits per heavy atom. The van der Waals surface area contributed by atoms with E-state index in [9.17, 15) is 62.6 Å². The molecule has 2 aromatic rings. The van der Waals surface area contributed by atoms with Crippen LogP contribution in [0.5, 0.6) is 0 Å². The quantitative estimate of drug-likeness (QED) is 0.0319. The van der Waals surface area contributed by atoms with Crippen molar-refractivity contribution >= 4 is 76.9 Å². The molecular formula is C70H105N11O16. The second-order valence-electron chi connectivity index (χ2n) is 26.7. The number of nitrogens with two attached hydrogens (primary N) is 1. The third kappa shape index (κ3) is 22.8. The van der Waals surface area contributed by atoms with Gasteiger partial charge in [0.05, 0.1) is 36.6 Å². The van der Waals surface area contributed by atoms with Gasteiger partial charge in [-0.1, -0.05) is 111 Å². The summed E-state index contributed by atoms with van der Waals surface area (Å²) in [6.45, 7) is 16.9. The molecule has 0 spiro atoms. The molecule has 536 valence electrons. The van der Waals surface area contributed by atoms with Gasteiger partial charge in [0.2, 0.25) is 41.4 Å². The Morgan fingerprint density at radius 3 is 1.98 bits per heavy atom. The molecule has 13 atom stereocenters. The maximum Gasteiger partial charge on any atom is 0.411 e. The zero-order valence-corrected chi connectivity index (χ0v) is 58.5. The summed E-state index contributed by atoms with van der Waals surface area (Å²) in [4.78, 5) is 166. The molecule has 0 radical (unpaired) electrons. The molecule has 2 saturated heterocycles. The molecule has 3 heterocycles. The number of rotatable bonds is 37. The van der Waals surface area contributed by atoms with Gasteiger partial charge >= 0.3 is 18.1 Å². The lowest BCUT2D eigenvalue weighted by atomic mass is 9.86. The van der Waals surface area contributed by atoms with Gasteiger partial charge in [-0.2, -0.15) is 0 Å². The van der Waals surface area contributed by atoms with E-state index in [2.05, 4.69) is 31.9 Å². The number of benzene rings is 2. The van der Waals surface area contributed by atoms with E-state index in [0.29, 0.717) is 69.2 Å². The topological polar surface area (TPSA) is 364 Å². The number of aliphatic carboxylic acids is 1. The van der Waals surface area contributed by atoms with E-state index < -0.39 is 126 Å². The highest BCUT2D eigenvalue weighted by Gasteiger charge is 2.46. The average Bonchev–Trinajstić information content (AvgIpc) is 1.77. The minimum atomic E-state index is -1.19. The number of urea groups is 1. The molecule has 0 saturated carbocycles. The Bertz CT molecular complexity index is 3040. The number of carbonyl (C=O) groups is 12. The number of piperidine rings is 1. The van der Waals surface area contributed by atoms with Crippen LogP contribution in [0.3, 0.4) is 0 Å². The number of carboxylic acids is 1. The second kappa shape index (κ2) is 38.5. The summed E-state index contributed by atoms with van der Waals surface area (Å²) in [6.07, 6.45) is 4.88. The van der Waals surface area contributed by atoms with Crippen LogP contribution in [-0.2, 0) is 75.2 Å². The van der Waals surface area contributed by atoms with E-state index in [1.807, 2.05) is 47.6 Å². The van der Waals surface area contributed by atoms with Gasteiger partial charge in [0.25, 0.3) is 11.8 Å². The number of nitrogens with zero attached hydrogens (tertiary/aromatic N) is 4. The fraction of sp³-hybridized carbons (Fsp3) is 0.629. The van der Waals surface area contributed by atoms with Crippen LogP contribution in [0.25, 0.3) is 0 Å². The van der Waals surface area contributed by atoms with Crippen molar-refractivity contribution < 1.29 is 76.9 Å². The molecule has 27 heteroatoms. The molecule has 9 N–H and O–H groups in total. The molecule has 2 fully saturated rings.